The molecule has 0 unspecified atom stereocenters. The minimum absolute atomic E-state index is 0.00910. The number of benzene rings is 1. The van der Waals surface area contributed by atoms with E-state index in [1.165, 1.54) is 0 Å². The van der Waals surface area contributed by atoms with E-state index in [1.54, 1.807) is 12.1 Å². The Morgan fingerprint density at radius 3 is 2.90 bits per heavy atom. The molecule has 3 rings (SSSR count). The van der Waals surface area contributed by atoms with E-state index in [-0.39, 0.29) is 5.78 Å². The second-order valence-corrected chi connectivity index (χ2v) is 6.89. The molecule has 0 saturated heterocycles. The van der Waals surface area contributed by atoms with Gasteiger partial charge in [-0.2, -0.15) is 0 Å². The fraction of sp³-hybridized carbons (Fsp3) is 0.500. The van der Waals surface area contributed by atoms with Gasteiger partial charge in [0, 0.05) is 22.1 Å². The van der Waals surface area contributed by atoms with Crippen LogP contribution in [0.3, 0.4) is 0 Å². The van der Waals surface area contributed by atoms with Crippen molar-refractivity contribution in [2.75, 3.05) is 5.32 Å². The quantitative estimate of drug-likeness (QED) is 0.860. The Kier molecular flexibility index (Phi) is 3.66. The zero-order valence-electron chi connectivity index (χ0n) is 11.9. The zero-order valence-corrected chi connectivity index (χ0v) is 13.4. The van der Waals surface area contributed by atoms with Gasteiger partial charge in [-0.1, -0.05) is 29.3 Å². The Balaban J connectivity index is 2.05. The number of aliphatic hydroxyl groups is 1. The minimum atomic E-state index is -1.73. The molecule has 0 radical (unpaired) electrons. The fourth-order valence-electron chi connectivity index (χ4n) is 3.50. The number of halogens is 1. The van der Waals surface area contributed by atoms with Gasteiger partial charge in [-0.05, 0) is 37.0 Å². The number of hydrogen-bond donors (Lipinski definition) is 2. The monoisotopic (exact) mass is 351 g/mol. The molecule has 0 bridgehead atoms. The van der Waals surface area contributed by atoms with E-state index in [1.807, 2.05) is 6.07 Å². The molecule has 0 spiro atoms. The molecule has 1 amide bonds. The summed E-state index contributed by atoms with van der Waals surface area (Å²) in [5.74, 6) is -0.747. The molecule has 0 aromatic heterocycles. The van der Waals surface area contributed by atoms with Crippen LogP contribution in [0.4, 0.5) is 5.69 Å². The van der Waals surface area contributed by atoms with Crippen LogP contribution in [0.25, 0.3) is 0 Å². The highest BCUT2D eigenvalue weighted by atomic mass is 79.9. The van der Waals surface area contributed by atoms with Crippen LogP contribution < -0.4 is 5.32 Å². The number of anilines is 1. The van der Waals surface area contributed by atoms with E-state index < -0.39 is 17.4 Å². The molecule has 112 valence electrons. The number of ketones is 1. The van der Waals surface area contributed by atoms with E-state index in [2.05, 4.69) is 28.2 Å². The Labute approximate surface area is 132 Å². The van der Waals surface area contributed by atoms with Gasteiger partial charge in [0.2, 0.25) is 0 Å². The van der Waals surface area contributed by atoms with Crippen LogP contribution in [-0.2, 0) is 15.2 Å². The molecule has 1 heterocycles. The normalized spacial score (nSPS) is 32.0. The maximum absolute atomic E-state index is 12.4. The third kappa shape index (κ3) is 2.23. The molecule has 1 aliphatic heterocycles. The average molecular weight is 352 g/mol. The summed E-state index contributed by atoms with van der Waals surface area (Å²) in [5, 5.41) is 13.8. The van der Waals surface area contributed by atoms with Crippen molar-refractivity contribution < 1.29 is 14.7 Å². The summed E-state index contributed by atoms with van der Waals surface area (Å²) in [4.78, 5) is 24.7. The fourth-order valence-corrected chi connectivity index (χ4v) is 3.87. The molecule has 1 aliphatic carbocycles. The summed E-state index contributed by atoms with van der Waals surface area (Å²) in [6.45, 7) is 2.08. The lowest BCUT2D eigenvalue weighted by Crippen LogP contribution is -2.47. The van der Waals surface area contributed by atoms with Crippen molar-refractivity contribution in [2.24, 2.45) is 11.8 Å². The maximum Gasteiger partial charge on any atom is 0.261 e. The van der Waals surface area contributed by atoms with Crippen LogP contribution in [0.1, 0.15) is 38.2 Å². The SMILES string of the molecule is CC[C@H]1CCC(=O)[C@H]([C@@]2(O)C(=O)Nc3ccc(Br)cc32)C1. The van der Waals surface area contributed by atoms with Crippen molar-refractivity contribution in [3.8, 4) is 0 Å². The Hall–Kier alpha value is -1.20. The van der Waals surface area contributed by atoms with Crippen LogP contribution in [0, 0.1) is 11.8 Å². The number of amides is 1. The van der Waals surface area contributed by atoms with Gasteiger partial charge >= 0.3 is 0 Å². The largest absolute Gasteiger partial charge is 0.375 e. The van der Waals surface area contributed by atoms with Crippen molar-refractivity contribution in [3.05, 3.63) is 28.2 Å². The summed E-state index contributed by atoms with van der Waals surface area (Å²) in [6.07, 6.45) is 2.84. The Morgan fingerprint density at radius 2 is 2.19 bits per heavy atom. The lowest BCUT2D eigenvalue weighted by atomic mass is 9.69. The van der Waals surface area contributed by atoms with Crippen LogP contribution in [0.5, 0.6) is 0 Å². The molecule has 5 heteroatoms. The molecule has 1 saturated carbocycles. The minimum Gasteiger partial charge on any atom is -0.375 e. The number of hydrogen-bond acceptors (Lipinski definition) is 3. The van der Waals surface area contributed by atoms with E-state index in [0.29, 0.717) is 30.0 Å². The first-order valence-corrected chi connectivity index (χ1v) is 8.12. The van der Waals surface area contributed by atoms with Gasteiger partial charge in [-0.25, -0.2) is 0 Å². The molecule has 3 atom stereocenters. The predicted molar refractivity (Wildman–Crippen MR) is 82.8 cm³/mol. The van der Waals surface area contributed by atoms with Crippen molar-refractivity contribution in [3.63, 3.8) is 0 Å². The summed E-state index contributed by atoms with van der Waals surface area (Å²) in [5.41, 5.74) is -0.626. The van der Waals surface area contributed by atoms with Gasteiger partial charge in [0.25, 0.3) is 5.91 Å². The summed E-state index contributed by atoms with van der Waals surface area (Å²) >= 11 is 3.37. The van der Waals surface area contributed by atoms with Crippen LogP contribution in [0.15, 0.2) is 22.7 Å². The van der Waals surface area contributed by atoms with Crippen molar-refractivity contribution in [1.29, 1.82) is 0 Å². The van der Waals surface area contributed by atoms with E-state index in [0.717, 1.165) is 17.3 Å². The molecule has 1 fully saturated rings. The van der Waals surface area contributed by atoms with Crippen molar-refractivity contribution in [2.45, 2.75) is 38.2 Å². The third-order valence-electron chi connectivity index (χ3n) is 4.82. The standard InChI is InChI=1S/C16H18BrNO3/c1-2-9-3-6-14(19)12(7-9)16(21)11-8-10(17)4-5-13(11)18-15(16)20/h4-5,8-9,12,21H,2-3,6-7H2,1H3,(H,18,20)/t9-,12+,16+/m0/s1. The van der Waals surface area contributed by atoms with Gasteiger partial charge < -0.3 is 10.4 Å². The number of fused-ring (bicyclic) bond motifs is 1. The predicted octanol–water partition coefficient (Wildman–Crippen LogP) is 2.98. The van der Waals surface area contributed by atoms with Gasteiger partial charge in [0.1, 0.15) is 5.78 Å². The molecular formula is C16H18BrNO3. The number of carbonyl (C=O) groups is 2. The molecule has 1 aromatic carbocycles. The van der Waals surface area contributed by atoms with Crippen LogP contribution >= 0.6 is 15.9 Å². The van der Waals surface area contributed by atoms with Crippen LogP contribution in [-0.4, -0.2) is 16.8 Å². The lowest BCUT2D eigenvalue weighted by molar-refractivity contribution is -0.152. The molecular weight excluding hydrogens is 334 g/mol. The van der Waals surface area contributed by atoms with Gasteiger partial charge in [0.05, 0.1) is 5.92 Å². The van der Waals surface area contributed by atoms with Crippen molar-refractivity contribution >= 4 is 33.3 Å². The third-order valence-corrected chi connectivity index (χ3v) is 5.32. The lowest BCUT2D eigenvalue weighted by Gasteiger charge is -2.36. The van der Waals surface area contributed by atoms with E-state index in [4.69, 9.17) is 0 Å². The number of rotatable bonds is 2. The first-order valence-electron chi connectivity index (χ1n) is 7.33. The highest BCUT2D eigenvalue weighted by Crippen LogP contribution is 2.47. The number of Topliss-reactive ketones (excluding diaryl/α,β-unsaturated/α-hetero) is 1. The molecule has 21 heavy (non-hydrogen) atoms. The topological polar surface area (TPSA) is 66.4 Å². The molecule has 2 N–H and O–H groups in total. The van der Waals surface area contributed by atoms with Gasteiger partial charge in [-0.15, -0.1) is 0 Å². The summed E-state index contributed by atoms with van der Waals surface area (Å²) in [7, 11) is 0. The summed E-state index contributed by atoms with van der Waals surface area (Å²) < 4.78 is 0.784. The zero-order chi connectivity index (χ0) is 15.2. The number of nitrogens with one attached hydrogen (secondary N) is 1. The molecule has 4 nitrogen and oxygen atoms in total. The first kappa shape index (κ1) is 14.7. The Bertz CT molecular complexity index is 616. The van der Waals surface area contributed by atoms with Crippen molar-refractivity contribution in [1.82, 2.24) is 0 Å². The van der Waals surface area contributed by atoms with Crippen LogP contribution in [0.2, 0.25) is 0 Å². The van der Waals surface area contributed by atoms with Gasteiger partial charge in [0.15, 0.2) is 5.60 Å². The maximum atomic E-state index is 12.4. The van der Waals surface area contributed by atoms with E-state index >= 15 is 0 Å². The average Bonchev–Trinajstić information content (AvgIpc) is 2.72. The Morgan fingerprint density at radius 1 is 1.43 bits per heavy atom. The number of carbonyl (C=O) groups excluding carboxylic acids is 2. The second-order valence-electron chi connectivity index (χ2n) is 5.98. The van der Waals surface area contributed by atoms with E-state index in [9.17, 15) is 14.7 Å². The smallest absolute Gasteiger partial charge is 0.261 e. The first-order chi connectivity index (χ1) is 9.96. The highest BCUT2D eigenvalue weighted by molar-refractivity contribution is 9.10. The molecule has 2 aliphatic rings. The second kappa shape index (κ2) is 5.21. The summed E-state index contributed by atoms with van der Waals surface area (Å²) in [6, 6.07) is 5.29. The highest BCUT2D eigenvalue weighted by Gasteiger charge is 2.54. The van der Waals surface area contributed by atoms with Gasteiger partial charge in [-0.3, -0.25) is 9.59 Å². The molecule has 1 aromatic rings.